The molecule has 0 aliphatic heterocycles. The van der Waals surface area contributed by atoms with Gasteiger partial charge in [0.25, 0.3) is 5.91 Å². The highest BCUT2D eigenvalue weighted by molar-refractivity contribution is 6.04. The molecule has 0 aliphatic rings. The fourth-order valence-corrected chi connectivity index (χ4v) is 2.42. The van der Waals surface area contributed by atoms with Crippen molar-refractivity contribution in [3.63, 3.8) is 0 Å². The Labute approximate surface area is 130 Å². The van der Waals surface area contributed by atoms with E-state index in [0.717, 1.165) is 23.1 Å². The second kappa shape index (κ2) is 6.48. The predicted molar refractivity (Wildman–Crippen MR) is 89.2 cm³/mol. The van der Waals surface area contributed by atoms with Gasteiger partial charge in [-0.2, -0.15) is 0 Å². The van der Waals surface area contributed by atoms with Crippen molar-refractivity contribution in [2.45, 2.75) is 26.2 Å². The van der Waals surface area contributed by atoms with Crippen molar-refractivity contribution >= 4 is 22.6 Å². The Morgan fingerprint density at radius 3 is 2.59 bits per heavy atom. The molecule has 0 spiro atoms. The first-order valence-corrected chi connectivity index (χ1v) is 7.65. The number of carbonyl (C=O) groups is 1. The maximum Gasteiger partial charge on any atom is 0.291 e. The first-order chi connectivity index (χ1) is 10.8. The first-order valence-electron chi connectivity index (χ1n) is 7.65. The number of hydrogen-bond acceptors (Lipinski definition) is 2. The van der Waals surface area contributed by atoms with Gasteiger partial charge in [-0.15, -0.1) is 0 Å². The smallest absolute Gasteiger partial charge is 0.291 e. The third-order valence-electron chi connectivity index (χ3n) is 3.68. The molecular formula is C19H19NO2. The molecule has 2 aromatic carbocycles. The third kappa shape index (κ3) is 3.19. The van der Waals surface area contributed by atoms with E-state index >= 15 is 0 Å². The quantitative estimate of drug-likeness (QED) is 0.717. The Morgan fingerprint density at radius 2 is 1.86 bits per heavy atom. The molecule has 3 rings (SSSR count). The van der Waals surface area contributed by atoms with Crippen molar-refractivity contribution in [1.29, 1.82) is 0 Å². The number of anilines is 1. The number of rotatable bonds is 5. The molecule has 3 aromatic rings. The van der Waals surface area contributed by atoms with Crippen LogP contribution in [0.25, 0.3) is 11.0 Å². The van der Waals surface area contributed by atoms with Gasteiger partial charge in [-0.05, 0) is 42.7 Å². The van der Waals surface area contributed by atoms with Crippen LogP contribution in [0.1, 0.15) is 35.9 Å². The zero-order chi connectivity index (χ0) is 15.4. The second-order valence-corrected chi connectivity index (χ2v) is 5.40. The summed E-state index contributed by atoms with van der Waals surface area (Å²) in [6.45, 7) is 2.18. The Morgan fingerprint density at radius 1 is 1.09 bits per heavy atom. The number of furan rings is 1. The summed E-state index contributed by atoms with van der Waals surface area (Å²) < 4.78 is 5.57. The molecule has 0 radical (unpaired) electrons. The van der Waals surface area contributed by atoms with Gasteiger partial charge in [-0.3, -0.25) is 4.79 Å². The normalized spacial score (nSPS) is 10.8. The summed E-state index contributed by atoms with van der Waals surface area (Å²) in [7, 11) is 0. The summed E-state index contributed by atoms with van der Waals surface area (Å²) in [6.07, 6.45) is 3.45. The van der Waals surface area contributed by atoms with Crippen LogP contribution < -0.4 is 5.32 Å². The number of para-hydroxylation sites is 1. The van der Waals surface area contributed by atoms with Gasteiger partial charge in [-0.1, -0.05) is 43.7 Å². The molecule has 3 heteroatoms. The molecule has 0 saturated carbocycles. The van der Waals surface area contributed by atoms with Crippen LogP contribution in [0, 0.1) is 0 Å². The van der Waals surface area contributed by atoms with Gasteiger partial charge in [0.15, 0.2) is 5.76 Å². The summed E-state index contributed by atoms with van der Waals surface area (Å²) in [5.41, 5.74) is 2.80. The molecule has 22 heavy (non-hydrogen) atoms. The Bertz CT molecular complexity index is 738. The van der Waals surface area contributed by atoms with E-state index in [0.29, 0.717) is 5.76 Å². The fourth-order valence-electron chi connectivity index (χ4n) is 2.42. The number of fused-ring (bicyclic) bond motifs is 1. The summed E-state index contributed by atoms with van der Waals surface area (Å²) in [4.78, 5) is 12.2. The van der Waals surface area contributed by atoms with E-state index < -0.39 is 0 Å². The van der Waals surface area contributed by atoms with Crippen LogP contribution in [-0.2, 0) is 6.42 Å². The lowest BCUT2D eigenvalue weighted by molar-refractivity contribution is 0.0998. The van der Waals surface area contributed by atoms with Crippen molar-refractivity contribution in [3.05, 3.63) is 65.9 Å². The third-order valence-corrected chi connectivity index (χ3v) is 3.68. The average molecular weight is 293 g/mol. The highest BCUT2D eigenvalue weighted by Crippen LogP contribution is 2.20. The zero-order valence-corrected chi connectivity index (χ0v) is 12.6. The lowest BCUT2D eigenvalue weighted by Gasteiger charge is -2.05. The maximum atomic E-state index is 12.2. The molecule has 0 fully saturated rings. The molecule has 0 aliphatic carbocycles. The zero-order valence-electron chi connectivity index (χ0n) is 12.6. The van der Waals surface area contributed by atoms with Gasteiger partial charge in [-0.25, -0.2) is 0 Å². The van der Waals surface area contributed by atoms with Crippen LogP contribution in [0.5, 0.6) is 0 Å². The number of carbonyl (C=O) groups excluding carboxylic acids is 1. The van der Waals surface area contributed by atoms with E-state index in [1.807, 2.05) is 36.4 Å². The molecule has 0 atom stereocenters. The number of aryl methyl sites for hydroxylation is 1. The minimum Gasteiger partial charge on any atom is -0.451 e. The fraction of sp³-hybridized carbons (Fsp3) is 0.211. The average Bonchev–Trinajstić information content (AvgIpc) is 2.98. The molecular weight excluding hydrogens is 274 g/mol. The van der Waals surface area contributed by atoms with Crippen LogP contribution in [0.2, 0.25) is 0 Å². The minimum atomic E-state index is -0.225. The standard InChI is InChI=1S/C19H19NO2/c1-2-3-6-14-9-11-16(12-10-14)20-19(21)18-13-15-7-4-5-8-17(15)22-18/h4-5,7-13H,2-3,6H2,1H3,(H,20,21). The Balaban J connectivity index is 1.70. The van der Waals surface area contributed by atoms with E-state index in [2.05, 4.69) is 24.4 Å². The first kappa shape index (κ1) is 14.4. The van der Waals surface area contributed by atoms with E-state index in [1.165, 1.54) is 18.4 Å². The van der Waals surface area contributed by atoms with Gasteiger partial charge in [0.2, 0.25) is 0 Å². The molecule has 1 heterocycles. The second-order valence-electron chi connectivity index (χ2n) is 5.40. The van der Waals surface area contributed by atoms with E-state index in [-0.39, 0.29) is 5.91 Å². The van der Waals surface area contributed by atoms with Crippen molar-refractivity contribution < 1.29 is 9.21 Å². The predicted octanol–water partition coefficient (Wildman–Crippen LogP) is 5.03. The van der Waals surface area contributed by atoms with Crippen molar-refractivity contribution in [2.75, 3.05) is 5.32 Å². The van der Waals surface area contributed by atoms with Gasteiger partial charge < -0.3 is 9.73 Å². The summed E-state index contributed by atoms with van der Waals surface area (Å²) in [5, 5.41) is 3.80. The summed E-state index contributed by atoms with van der Waals surface area (Å²) in [5.74, 6) is 0.105. The van der Waals surface area contributed by atoms with E-state index in [1.54, 1.807) is 6.07 Å². The van der Waals surface area contributed by atoms with Crippen LogP contribution in [0.3, 0.4) is 0 Å². The maximum absolute atomic E-state index is 12.2. The van der Waals surface area contributed by atoms with Gasteiger partial charge in [0, 0.05) is 11.1 Å². The number of amides is 1. The summed E-state index contributed by atoms with van der Waals surface area (Å²) in [6, 6.07) is 17.4. The van der Waals surface area contributed by atoms with Gasteiger partial charge in [0.05, 0.1) is 0 Å². The van der Waals surface area contributed by atoms with Crippen LogP contribution in [-0.4, -0.2) is 5.91 Å². The number of unbranched alkanes of at least 4 members (excludes halogenated alkanes) is 1. The molecule has 0 saturated heterocycles. The van der Waals surface area contributed by atoms with Gasteiger partial charge >= 0.3 is 0 Å². The van der Waals surface area contributed by atoms with E-state index in [9.17, 15) is 4.79 Å². The van der Waals surface area contributed by atoms with Crippen molar-refractivity contribution in [3.8, 4) is 0 Å². The van der Waals surface area contributed by atoms with Crippen molar-refractivity contribution in [2.24, 2.45) is 0 Å². The van der Waals surface area contributed by atoms with Crippen LogP contribution in [0.15, 0.2) is 59.0 Å². The molecule has 3 nitrogen and oxygen atoms in total. The van der Waals surface area contributed by atoms with Crippen LogP contribution in [0.4, 0.5) is 5.69 Å². The molecule has 1 aromatic heterocycles. The highest BCUT2D eigenvalue weighted by atomic mass is 16.3. The monoisotopic (exact) mass is 293 g/mol. The van der Waals surface area contributed by atoms with Crippen molar-refractivity contribution in [1.82, 2.24) is 0 Å². The van der Waals surface area contributed by atoms with E-state index in [4.69, 9.17) is 4.42 Å². The molecule has 0 bridgehead atoms. The molecule has 112 valence electrons. The van der Waals surface area contributed by atoms with Crippen LogP contribution >= 0.6 is 0 Å². The SMILES string of the molecule is CCCCc1ccc(NC(=O)c2cc3ccccc3o2)cc1. The molecule has 1 N–H and O–H groups in total. The highest BCUT2D eigenvalue weighted by Gasteiger charge is 2.12. The lowest BCUT2D eigenvalue weighted by Crippen LogP contribution is -2.10. The topological polar surface area (TPSA) is 42.2 Å². The number of benzene rings is 2. The Kier molecular flexibility index (Phi) is 4.24. The molecule has 1 amide bonds. The Hall–Kier alpha value is -2.55. The van der Waals surface area contributed by atoms with Gasteiger partial charge in [0.1, 0.15) is 5.58 Å². The number of nitrogens with one attached hydrogen (secondary N) is 1. The largest absolute Gasteiger partial charge is 0.451 e. The lowest BCUT2D eigenvalue weighted by atomic mass is 10.1. The summed E-state index contributed by atoms with van der Waals surface area (Å²) >= 11 is 0. The molecule has 0 unspecified atom stereocenters. The minimum absolute atomic E-state index is 0.225. The number of hydrogen-bond donors (Lipinski definition) is 1.